The molecule has 7 heteroatoms. The lowest BCUT2D eigenvalue weighted by Crippen LogP contribution is -2.17. The van der Waals surface area contributed by atoms with Crippen LogP contribution in [0.4, 0.5) is 22.0 Å². The maximum absolute atomic E-state index is 12.5. The molecule has 0 spiro atoms. The van der Waals surface area contributed by atoms with Gasteiger partial charge in [-0.05, 0) is 24.5 Å². The summed E-state index contributed by atoms with van der Waals surface area (Å²) >= 11 is 1.03. The molecule has 0 atom stereocenters. The largest absolute Gasteiger partial charge is 0.573 e. The first kappa shape index (κ1) is 13.1. The molecule has 90 valence electrons. The van der Waals surface area contributed by atoms with E-state index in [2.05, 4.69) is 4.74 Å². The van der Waals surface area contributed by atoms with Gasteiger partial charge in [-0.3, -0.25) is 0 Å². The van der Waals surface area contributed by atoms with Crippen LogP contribution in [0.1, 0.15) is 12.0 Å². The van der Waals surface area contributed by atoms with E-state index >= 15 is 0 Å². The van der Waals surface area contributed by atoms with Crippen molar-refractivity contribution in [2.75, 3.05) is 6.26 Å². The van der Waals surface area contributed by atoms with Gasteiger partial charge >= 0.3 is 6.36 Å². The number of alkyl halides is 5. The predicted octanol–water partition coefficient (Wildman–Crippen LogP) is 4.24. The average Bonchev–Trinajstić information content (AvgIpc) is 2.15. The van der Waals surface area contributed by atoms with Gasteiger partial charge in [0, 0.05) is 10.5 Å². The minimum absolute atomic E-state index is 0.226. The van der Waals surface area contributed by atoms with Crippen LogP contribution in [-0.2, 0) is 0 Å². The van der Waals surface area contributed by atoms with Gasteiger partial charge in [0.2, 0.25) is 0 Å². The van der Waals surface area contributed by atoms with Crippen molar-refractivity contribution in [3.8, 4) is 5.75 Å². The molecule has 0 aromatic heterocycles. The van der Waals surface area contributed by atoms with Crippen molar-refractivity contribution in [3.63, 3.8) is 0 Å². The van der Waals surface area contributed by atoms with E-state index < -0.39 is 24.1 Å². The van der Waals surface area contributed by atoms with Crippen LogP contribution in [0.2, 0.25) is 0 Å². The number of hydrogen-bond donors (Lipinski definition) is 0. The Bertz CT molecular complexity index is 363. The van der Waals surface area contributed by atoms with Gasteiger partial charge in [0.1, 0.15) is 5.75 Å². The van der Waals surface area contributed by atoms with Gasteiger partial charge in [-0.2, -0.15) is 0 Å². The topological polar surface area (TPSA) is 9.23 Å². The highest BCUT2D eigenvalue weighted by Gasteiger charge is 2.31. The van der Waals surface area contributed by atoms with Crippen LogP contribution in [0.3, 0.4) is 0 Å². The van der Waals surface area contributed by atoms with E-state index in [1.54, 1.807) is 6.26 Å². The fourth-order valence-corrected chi connectivity index (χ4v) is 1.67. The molecule has 0 fully saturated rings. The van der Waals surface area contributed by atoms with Crippen LogP contribution < -0.4 is 4.74 Å². The molecule has 16 heavy (non-hydrogen) atoms. The summed E-state index contributed by atoms with van der Waals surface area (Å²) in [5.41, 5.74) is -0.464. The molecule has 0 radical (unpaired) electrons. The zero-order chi connectivity index (χ0) is 12.3. The lowest BCUT2D eigenvalue weighted by Gasteiger charge is -2.12. The molecule has 1 aromatic rings. The molecule has 0 heterocycles. The summed E-state index contributed by atoms with van der Waals surface area (Å²) in [6.45, 7) is 0. The van der Waals surface area contributed by atoms with E-state index in [4.69, 9.17) is 0 Å². The van der Waals surface area contributed by atoms with Crippen LogP contribution in [0.5, 0.6) is 5.75 Å². The second kappa shape index (κ2) is 4.90. The summed E-state index contributed by atoms with van der Waals surface area (Å²) in [7, 11) is 0. The van der Waals surface area contributed by atoms with Gasteiger partial charge in [-0.25, -0.2) is 8.78 Å². The van der Waals surface area contributed by atoms with E-state index in [9.17, 15) is 22.0 Å². The molecule has 1 aromatic carbocycles. The SMILES string of the molecule is CSc1ccc(OC(F)(F)F)cc1C(F)F. The third-order valence-corrected chi connectivity index (χ3v) is 2.48. The molecule has 1 nitrogen and oxygen atoms in total. The van der Waals surface area contributed by atoms with E-state index in [0.717, 1.165) is 17.8 Å². The smallest absolute Gasteiger partial charge is 0.406 e. The average molecular weight is 258 g/mol. The quantitative estimate of drug-likeness (QED) is 0.592. The van der Waals surface area contributed by atoms with Crippen LogP contribution in [-0.4, -0.2) is 12.6 Å². The highest BCUT2D eigenvalue weighted by molar-refractivity contribution is 7.98. The Balaban J connectivity index is 3.02. The van der Waals surface area contributed by atoms with E-state index in [1.165, 1.54) is 6.07 Å². The van der Waals surface area contributed by atoms with E-state index in [0.29, 0.717) is 6.07 Å². The predicted molar refractivity (Wildman–Crippen MR) is 49.9 cm³/mol. The lowest BCUT2D eigenvalue weighted by molar-refractivity contribution is -0.274. The van der Waals surface area contributed by atoms with E-state index in [-0.39, 0.29) is 4.90 Å². The van der Waals surface area contributed by atoms with Crippen molar-refractivity contribution in [1.29, 1.82) is 0 Å². The fourth-order valence-electron chi connectivity index (χ4n) is 1.08. The lowest BCUT2D eigenvalue weighted by atomic mass is 10.2. The van der Waals surface area contributed by atoms with Gasteiger partial charge in [0.15, 0.2) is 0 Å². The number of ether oxygens (including phenoxy) is 1. The van der Waals surface area contributed by atoms with Crippen molar-refractivity contribution in [2.45, 2.75) is 17.7 Å². The van der Waals surface area contributed by atoms with Crippen molar-refractivity contribution in [2.24, 2.45) is 0 Å². The summed E-state index contributed by atoms with van der Waals surface area (Å²) in [6, 6.07) is 2.88. The molecular weight excluding hydrogens is 251 g/mol. The van der Waals surface area contributed by atoms with Gasteiger partial charge in [-0.15, -0.1) is 24.9 Å². The Kier molecular flexibility index (Phi) is 4.01. The number of hydrogen-bond acceptors (Lipinski definition) is 2. The molecule has 0 N–H and O–H groups in total. The number of halogens is 5. The molecule has 0 unspecified atom stereocenters. The van der Waals surface area contributed by atoms with Gasteiger partial charge in [0.25, 0.3) is 6.43 Å². The highest BCUT2D eigenvalue weighted by atomic mass is 32.2. The zero-order valence-corrected chi connectivity index (χ0v) is 8.83. The van der Waals surface area contributed by atoms with E-state index in [1.807, 2.05) is 0 Å². The third-order valence-electron chi connectivity index (χ3n) is 1.67. The fraction of sp³-hybridized carbons (Fsp3) is 0.333. The number of benzene rings is 1. The molecule has 0 bridgehead atoms. The van der Waals surface area contributed by atoms with Crippen LogP contribution >= 0.6 is 11.8 Å². The molecule has 0 amide bonds. The summed E-state index contributed by atoms with van der Waals surface area (Å²) in [5.74, 6) is -0.638. The van der Waals surface area contributed by atoms with Crippen molar-refractivity contribution >= 4 is 11.8 Å². The molecule has 1 rings (SSSR count). The molecule has 0 aliphatic heterocycles. The summed E-state index contributed by atoms with van der Waals surface area (Å²) in [6.07, 6.45) is -6.15. The molecule has 0 aliphatic carbocycles. The van der Waals surface area contributed by atoms with Crippen LogP contribution in [0, 0.1) is 0 Å². The molecular formula is C9H7F5OS. The molecule has 0 saturated heterocycles. The van der Waals surface area contributed by atoms with Crippen LogP contribution in [0.25, 0.3) is 0 Å². The number of rotatable bonds is 3. The first-order chi connectivity index (χ1) is 7.33. The molecule has 0 saturated carbocycles. The van der Waals surface area contributed by atoms with Gasteiger partial charge < -0.3 is 4.74 Å². The first-order valence-electron chi connectivity index (χ1n) is 4.05. The summed E-state index contributed by atoms with van der Waals surface area (Å²) in [5, 5.41) is 0. The third kappa shape index (κ3) is 3.55. The number of thioether (sulfide) groups is 1. The Morgan fingerprint density at radius 1 is 1.25 bits per heavy atom. The van der Waals surface area contributed by atoms with Crippen molar-refractivity contribution in [3.05, 3.63) is 23.8 Å². The minimum atomic E-state index is -4.87. The Morgan fingerprint density at radius 2 is 1.88 bits per heavy atom. The van der Waals surface area contributed by atoms with Crippen LogP contribution in [0.15, 0.2) is 23.1 Å². The van der Waals surface area contributed by atoms with Gasteiger partial charge in [0.05, 0.1) is 0 Å². The normalized spacial score (nSPS) is 11.9. The second-order valence-electron chi connectivity index (χ2n) is 2.75. The zero-order valence-electron chi connectivity index (χ0n) is 8.02. The Labute approximate surface area is 92.6 Å². The summed E-state index contributed by atoms with van der Waals surface area (Å²) in [4.78, 5) is 0.226. The monoisotopic (exact) mass is 258 g/mol. The van der Waals surface area contributed by atoms with Gasteiger partial charge in [-0.1, -0.05) is 0 Å². The Morgan fingerprint density at radius 3 is 2.31 bits per heavy atom. The molecule has 0 aliphatic rings. The first-order valence-corrected chi connectivity index (χ1v) is 5.28. The maximum atomic E-state index is 12.5. The maximum Gasteiger partial charge on any atom is 0.573 e. The minimum Gasteiger partial charge on any atom is -0.406 e. The van der Waals surface area contributed by atoms with Crippen molar-refractivity contribution in [1.82, 2.24) is 0 Å². The standard InChI is InChI=1S/C9H7F5OS/c1-16-7-3-2-5(15-9(12,13)14)4-6(7)8(10)11/h2-4,8H,1H3. The summed E-state index contributed by atoms with van der Waals surface area (Å²) < 4.78 is 64.0. The van der Waals surface area contributed by atoms with Crippen molar-refractivity contribution < 1.29 is 26.7 Å². The highest BCUT2D eigenvalue weighted by Crippen LogP contribution is 2.33. The second-order valence-corrected chi connectivity index (χ2v) is 3.60. The Hall–Kier alpha value is -0.980.